The number of hydrogen-bond acceptors (Lipinski definition) is 2. The van der Waals surface area contributed by atoms with Gasteiger partial charge in [0.05, 0.1) is 0 Å². The molecule has 1 amide bonds. The monoisotopic (exact) mass is 272 g/mol. The zero-order valence-corrected chi connectivity index (χ0v) is 12.4. The van der Waals surface area contributed by atoms with Gasteiger partial charge in [0.25, 0.3) is 5.91 Å². The third-order valence-electron chi connectivity index (χ3n) is 3.65. The van der Waals surface area contributed by atoms with Gasteiger partial charge in [-0.2, -0.15) is 0 Å². The van der Waals surface area contributed by atoms with Crippen LogP contribution in [-0.2, 0) is 4.79 Å². The van der Waals surface area contributed by atoms with E-state index in [-0.39, 0.29) is 5.91 Å². The standard InChI is InChI=1S/C17H24N2O/c1-14(2)16-9-6-15(7-10-16)8-11-17(20)18-19-12-4-3-5-13-19/h6-11,14H,3-5,12-13H2,1-2H3,(H,18,20)/b11-8+. The van der Waals surface area contributed by atoms with E-state index in [1.54, 1.807) is 6.08 Å². The number of hydrazine groups is 1. The van der Waals surface area contributed by atoms with Gasteiger partial charge < -0.3 is 0 Å². The molecule has 1 saturated heterocycles. The third kappa shape index (κ3) is 4.49. The quantitative estimate of drug-likeness (QED) is 0.853. The molecule has 0 saturated carbocycles. The molecule has 1 aromatic carbocycles. The Balaban J connectivity index is 1.86. The minimum Gasteiger partial charge on any atom is -0.285 e. The molecule has 1 N–H and O–H groups in total. The van der Waals surface area contributed by atoms with E-state index in [1.807, 2.05) is 11.1 Å². The number of piperidine rings is 1. The van der Waals surface area contributed by atoms with Crippen LogP contribution in [-0.4, -0.2) is 24.0 Å². The van der Waals surface area contributed by atoms with Crippen LogP contribution in [0.5, 0.6) is 0 Å². The average Bonchev–Trinajstić information content (AvgIpc) is 2.46. The molecule has 1 aliphatic heterocycles. The first-order valence-electron chi connectivity index (χ1n) is 7.49. The fourth-order valence-electron chi connectivity index (χ4n) is 2.36. The van der Waals surface area contributed by atoms with Crippen LogP contribution in [0.15, 0.2) is 30.3 Å². The van der Waals surface area contributed by atoms with Crippen molar-refractivity contribution in [3.05, 3.63) is 41.5 Å². The van der Waals surface area contributed by atoms with Gasteiger partial charge in [-0.15, -0.1) is 0 Å². The number of nitrogens with one attached hydrogen (secondary N) is 1. The van der Waals surface area contributed by atoms with E-state index in [1.165, 1.54) is 24.8 Å². The van der Waals surface area contributed by atoms with Crippen LogP contribution in [0.25, 0.3) is 6.08 Å². The predicted molar refractivity (Wildman–Crippen MR) is 83.1 cm³/mol. The van der Waals surface area contributed by atoms with Gasteiger partial charge in [0.2, 0.25) is 0 Å². The Morgan fingerprint density at radius 1 is 1.15 bits per heavy atom. The Bertz CT molecular complexity index is 456. The number of carbonyl (C=O) groups is 1. The van der Waals surface area contributed by atoms with Crippen molar-refractivity contribution < 1.29 is 4.79 Å². The smallest absolute Gasteiger partial charge is 0.258 e. The van der Waals surface area contributed by atoms with E-state index in [4.69, 9.17) is 0 Å². The molecule has 3 heteroatoms. The molecule has 0 spiro atoms. The number of nitrogens with zero attached hydrogens (tertiary/aromatic N) is 1. The molecule has 0 bridgehead atoms. The first kappa shape index (κ1) is 14.8. The van der Waals surface area contributed by atoms with Crippen LogP contribution in [0.3, 0.4) is 0 Å². The van der Waals surface area contributed by atoms with Gasteiger partial charge in [0.1, 0.15) is 0 Å². The average molecular weight is 272 g/mol. The van der Waals surface area contributed by atoms with Gasteiger partial charge in [0.15, 0.2) is 0 Å². The molecule has 20 heavy (non-hydrogen) atoms. The molecule has 0 radical (unpaired) electrons. The summed E-state index contributed by atoms with van der Waals surface area (Å²) < 4.78 is 0. The second kappa shape index (κ2) is 7.25. The molecule has 3 nitrogen and oxygen atoms in total. The fraction of sp³-hybridized carbons (Fsp3) is 0.471. The Morgan fingerprint density at radius 2 is 1.80 bits per heavy atom. The molecule has 1 heterocycles. The topological polar surface area (TPSA) is 32.3 Å². The maximum absolute atomic E-state index is 11.8. The lowest BCUT2D eigenvalue weighted by Gasteiger charge is -2.26. The van der Waals surface area contributed by atoms with Gasteiger partial charge in [-0.25, -0.2) is 5.01 Å². The predicted octanol–water partition coefficient (Wildman–Crippen LogP) is 3.34. The summed E-state index contributed by atoms with van der Waals surface area (Å²) in [5, 5.41) is 2.01. The summed E-state index contributed by atoms with van der Waals surface area (Å²) in [4.78, 5) is 11.8. The zero-order chi connectivity index (χ0) is 14.4. The van der Waals surface area contributed by atoms with Gasteiger partial charge in [-0.3, -0.25) is 10.2 Å². The molecule has 108 valence electrons. The molecule has 2 rings (SSSR count). The van der Waals surface area contributed by atoms with Crippen LogP contribution in [0, 0.1) is 0 Å². The highest BCUT2D eigenvalue weighted by atomic mass is 16.2. The molecule has 1 fully saturated rings. The number of hydrogen-bond donors (Lipinski definition) is 1. The minimum absolute atomic E-state index is 0.0418. The van der Waals surface area contributed by atoms with Crippen LogP contribution in [0.2, 0.25) is 0 Å². The molecule has 1 aliphatic rings. The maximum Gasteiger partial charge on any atom is 0.258 e. The highest BCUT2D eigenvalue weighted by Gasteiger charge is 2.10. The van der Waals surface area contributed by atoms with E-state index >= 15 is 0 Å². The van der Waals surface area contributed by atoms with E-state index in [0.717, 1.165) is 18.7 Å². The van der Waals surface area contributed by atoms with Crippen LogP contribution < -0.4 is 5.43 Å². The van der Waals surface area contributed by atoms with Gasteiger partial charge in [-0.05, 0) is 36.0 Å². The SMILES string of the molecule is CC(C)c1ccc(/C=C/C(=O)NN2CCCCC2)cc1. The molecule has 0 unspecified atom stereocenters. The first-order valence-corrected chi connectivity index (χ1v) is 7.49. The number of amides is 1. The van der Waals surface area contributed by atoms with Gasteiger partial charge >= 0.3 is 0 Å². The molecular formula is C17H24N2O. The fourth-order valence-corrected chi connectivity index (χ4v) is 2.36. The van der Waals surface area contributed by atoms with E-state index < -0.39 is 0 Å². The number of rotatable bonds is 4. The zero-order valence-electron chi connectivity index (χ0n) is 12.4. The first-order chi connectivity index (χ1) is 9.65. The summed E-state index contributed by atoms with van der Waals surface area (Å²) in [6.07, 6.45) is 7.08. The number of carbonyl (C=O) groups excluding carboxylic acids is 1. The van der Waals surface area contributed by atoms with E-state index in [2.05, 4.69) is 43.5 Å². The lowest BCUT2D eigenvalue weighted by molar-refractivity contribution is -0.121. The van der Waals surface area contributed by atoms with Crippen molar-refractivity contribution in [3.63, 3.8) is 0 Å². The van der Waals surface area contributed by atoms with Crippen molar-refractivity contribution in [2.75, 3.05) is 13.1 Å². The molecule has 0 aromatic heterocycles. The summed E-state index contributed by atoms with van der Waals surface area (Å²) >= 11 is 0. The van der Waals surface area contributed by atoms with Crippen molar-refractivity contribution in [1.82, 2.24) is 10.4 Å². The second-order valence-electron chi connectivity index (χ2n) is 5.68. The lowest BCUT2D eigenvalue weighted by atomic mass is 10.0. The summed E-state index contributed by atoms with van der Waals surface area (Å²) in [7, 11) is 0. The highest BCUT2D eigenvalue weighted by molar-refractivity contribution is 5.91. The van der Waals surface area contributed by atoms with E-state index in [9.17, 15) is 4.79 Å². The third-order valence-corrected chi connectivity index (χ3v) is 3.65. The van der Waals surface area contributed by atoms with Gasteiger partial charge in [-0.1, -0.05) is 44.5 Å². The summed E-state index contributed by atoms with van der Waals surface area (Å²) in [5.74, 6) is 0.496. The Hall–Kier alpha value is -1.61. The van der Waals surface area contributed by atoms with Crippen LogP contribution in [0.4, 0.5) is 0 Å². The largest absolute Gasteiger partial charge is 0.285 e. The van der Waals surface area contributed by atoms with Crippen LogP contribution in [0.1, 0.15) is 50.2 Å². The van der Waals surface area contributed by atoms with Crippen molar-refractivity contribution in [2.24, 2.45) is 0 Å². The lowest BCUT2D eigenvalue weighted by Crippen LogP contribution is -2.44. The van der Waals surface area contributed by atoms with Crippen molar-refractivity contribution in [2.45, 2.75) is 39.0 Å². The van der Waals surface area contributed by atoms with Gasteiger partial charge in [0, 0.05) is 19.2 Å². The van der Waals surface area contributed by atoms with Crippen LogP contribution >= 0.6 is 0 Å². The minimum atomic E-state index is -0.0418. The molecule has 0 atom stereocenters. The number of benzene rings is 1. The summed E-state index contributed by atoms with van der Waals surface area (Å²) in [5.41, 5.74) is 5.30. The van der Waals surface area contributed by atoms with Crippen molar-refractivity contribution in [1.29, 1.82) is 0 Å². The highest BCUT2D eigenvalue weighted by Crippen LogP contribution is 2.15. The molecular weight excluding hydrogens is 248 g/mol. The maximum atomic E-state index is 11.8. The second-order valence-corrected chi connectivity index (χ2v) is 5.68. The molecule has 1 aromatic rings. The van der Waals surface area contributed by atoms with Crippen molar-refractivity contribution in [3.8, 4) is 0 Å². The van der Waals surface area contributed by atoms with E-state index in [0.29, 0.717) is 5.92 Å². The Kier molecular flexibility index (Phi) is 5.36. The summed E-state index contributed by atoms with van der Waals surface area (Å²) in [6.45, 7) is 6.28. The Labute approximate surface area is 121 Å². The summed E-state index contributed by atoms with van der Waals surface area (Å²) in [6, 6.07) is 8.35. The Morgan fingerprint density at radius 3 is 2.40 bits per heavy atom. The molecule has 0 aliphatic carbocycles. The normalized spacial score (nSPS) is 16.8. The van der Waals surface area contributed by atoms with Crippen molar-refractivity contribution >= 4 is 12.0 Å².